The Morgan fingerprint density at radius 3 is 0.856 bits per heavy atom. The van der Waals surface area contributed by atoms with Crippen LogP contribution in [0.4, 0.5) is 22.0 Å². The Hall–Kier alpha value is -4.36. The van der Waals surface area contributed by atoms with Gasteiger partial charge in [0, 0.05) is 21.1 Å². The van der Waals surface area contributed by atoms with Crippen molar-refractivity contribution in [1.29, 1.82) is 0 Å². The van der Waals surface area contributed by atoms with Crippen LogP contribution in [-0.2, 0) is 0 Å². The minimum absolute atomic E-state index is 0. The lowest BCUT2D eigenvalue weighted by atomic mass is 9.68. The molecule has 0 saturated heterocycles. The summed E-state index contributed by atoms with van der Waals surface area (Å²) in [7, 11) is 0. The van der Waals surface area contributed by atoms with Crippen molar-refractivity contribution in [2.45, 2.75) is 279 Å². The van der Waals surface area contributed by atoms with Crippen LogP contribution >= 0.6 is 58.0 Å². The van der Waals surface area contributed by atoms with Crippen molar-refractivity contribution >= 4 is 58.0 Å². The highest BCUT2D eigenvalue weighted by Gasteiger charge is 2.34. The summed E-state index contributed by atoms with van der Waals surface area (Å²) in [5, 5.41) is 1.44. The van der Waals surface area contributed by atoms with Crippen LogP contribution in [0, 0.1) is 117 Å². The fourth-order valence-electron chi connectivity index (χ4n) is 18.6. The van der Waals surface area contributed by atoms with Gasteiger partial charge < -0.3 is 0 Å². The highest BCUT2D eigenvalue weighted by Crippen LogP contribution is 2.49. The molecule has 7 aliphatic carbocycles. The molecule has 7 aromatic carbocycles. The minimum Gasteiger partial charge on any atom is -0.205 e. The molecule has 7 fully saturated rings. The molecule has 7 saturated carbocycles. The predicted octanol–water partition coefficient (Wildman–Crippen LogP) is 34.1. The molecule has 10 heteroatoms. The molecule has 104 heavy (non-hydrogen) atoms. The van der Waals surface area contributed by atoms with Gasteiger partial charge >= 0.3 is 0 Å². The lowest BCUT2D eigenvalue weighted by Crippen LogP contribution is -2.25. The molecule has 14 rings (SSSR count). The van der Waals surface area contributed by atoms with Crippen molar-refractivity contribution in [2.75, 3.05) is 0 Å². The van der Waals surface area contributed by atoms with E-state index in [0.717, 1.165) is 129 Å². The highest BCUT2D eigenvalue weighted by molar-refractivity contribution is 6.34. The first-order valence-electron chi connectivity index (χ1n) is 40.3. The van der Waals surface area contributed by atoms with E-state index in [1.807, 2.05) is 87.5 Å². The van der Waals surface area contributed by atoms with E-state index in [-0.39, 0.29) is 49.1 Å². The third kappa shape index (κ3) is 21.4. The second-order valence-electron chi connectivity index (χ2n) is 33.8. The standard InChI is InChI=1S/C20H28ClF.C20H22ClF.C20H28ClF.C20H22ClF.C14H18ClF.7H2/c2*1-13-3-6-15(7-4-13)16-8-10-17(11-9-16)18-12-5-14(2)20(22)19(18)21;2*1-13-3-6-15(7-4-13)16-8-10-17(11-9-16)18-12-5-14(2)19(21)20(18)22;1-9-3-6-11(7-4-9)12-8-5-10(2)13(15)14(12)16;;;;;;;/h5,12-13,15-17H,3-4,6-11H2,1-2H3;5,8-13,15H,3-4,6-7H2,1-2H3;5,12-13,15-17H,3-4,6-11H2,1-2H3;5,8-13,15H,3-4,6-7H2,1-2H3;5,8-9,11H,3-4,6-7H2,1-2H3;7*1H. The van der Waals surface area contributed by atoms with Crippen LogP contribution in [0.25, 0.3) is 22.3 Å². The third-order valence-corrected chi connectivity index (χ3v) is 28.4. The monoisotopic (exact) mass is 1530 g/mol. The zero-order valence-electron chi connectivity index (χ0n) is 64.1. The van der Waals surface area contributed by atoms with Crippen LogP contribution < -0.4 is 0 Å². The van der Waals surface area contributed by atoms with Gasteiger partial charge in [-0.05, 0) is 300 Å². The average molecular weight is 1530 g/mol. The number of rotatable bonds is 9. The third-order valence-electron chi connectivity index (χ3n) is 26.2. The van der Waals surface area contributed by atoms with E-state index < -0.39 is 0 Å². The van der Waals surface area contributed by atoms with Gasteiger partial charge in [-0.1, -0.05) is 266 Å². The number of halogens is 10. The summed E-state index contributed by atoms with van der Waals surface area (Å²) in [5.41, 5.74) is 12.4. The summed E-state index contributed by atoms with van der Waals surface area (Å²) in [6.45, 7) is 20.8. The summed E-state index contributed by atoms with van der Waals surface area (Å²) < 4.78 is 70.7. The molecule has 0 bridgehead atoms. The van der Waals surface area contributed by atoms with E-state index in [9.17, 15) is 22.0 Å². The van der Waals surface area contributed by atoms with E-state index in [4.69, 9.17) is 58.0 Å². The molecule has 0 N–H and O–H groups in total. The molecule has 0 atom stereocenters. The molecule has 578 valence electrons. The quantitative estimate of drug-likeness (QED) is 0.126. The SMILES string of the molecule is Cc1ccc(-c2ccc(C3CCC(C)CC3)cc2)c(Cl)c1F.Cc1ccc(-c2ccc(C3CCC(C)CC3)cc2)c(F)c1Cl.Cc1ccc(C2CCC(C)CC2)c(F)c1Cl.Cc1ccc(C2CCC(C3CCC(C)CC3)CC2)c(Cl)c1F.Cc1ccc(C2CCC(C3CCC(C)CC3)CC2)c(F)c1Cl.[HH].[HH].[HH].[HH].[HH].[HH].[HH]. The van der Waals surface area contributed by atoms with Gasteiger partial charge in [-0.25, -0.2) is 22.0 Å². The Bertz CT molecular complexity index is 3690. The normalized spacial score (nSPS) is 27.1. The van der Waals surface area contributed by atoms with Gasteiger partial charge in [0.2, 0.25) is 0 Å². The molecule has 0 nitrogen and oxygen atoms in total. The summed E-state index contributed by atoms with van der Waals surface area (Å²) in [6.07, 6.45) is 36.1. The maximum atomic E-state index is 14.4. The number of benzene rings is 7. The van der Waals surface area contributed by atoms with E-state index in [2.05, 4.69) is 71.0 Å². The lowest BCUT2D eigenvalue weighted by Gasteiger charge is -2.37. The molecule has 0 spiro atoms. The number of aryl methyl sites for hydroxylation is 5. The molecule has 7 aromatic rings. The summed E-state index contributed by atoms with van der Waals surface area (Å²) in [6, 6.07) is 36.0. The Morgan fingerprint density at radius 2 is 0.481 bits per heavy atom. The van der Waals surface area contributed by atoms with Crippen molar-refractivity contribution in [2.24, 2.45) is 53.3 Å². The first-order chi connectivity index (χ1) is 49.8. The second-order valence-corrected chi connectivity index (χ2v) is 35.7. The van der Waals surface area contributed by atoms with Crippen LogP contribution in [0.2, 0.25) is 25.1 Å². The van der Waals surface area contributed by atoms with Crippen LogP contribution in [-0.4, -0.2) is 0 Å². The molecular formula is C94H132Cl5F5. The predicted molar refractivity (Wildman–Crippen MR) is 449 cm³/mol. The van der Waals surface area contributed by atoms with E-state index in [1.165, 1.54) is 165 Å². The Balaban J connectivity index is 0.000000355. The maximum Gasteiger partial charge on any atom is 0.149 e. The molecule has 0 heterocycles. The Morgan fingerprint density at radius 1 is 0.231 bits per heavy atom. The first-order valence-corrected chi connectivity index (χ1v) is 42.2. The number of hydrogen-bond acceptors (Lipinski definition) is 0. The largest absolute Gasteiger partial charge is 0.205 e. The van der Waals surface area contributed by atoms with Crippen LogP contribution in [0.1, 0.15) is 310 Å². The van der Waals surface area contributed by atoms with Crippen LogP contribution in [0.15, 0.2) is 109 Å². The molecule has 0 unspecified atom stereocenters. The van der Waals surface area contributed by atoms with Crippen molar-refractivity contribution in [3.8, 4) is 22.3 Å². The van der Waals surface area contributed by atoms with Crippen molar-refractivity contribution in [3.63, 3.8) is 0 Å². The molecule has 7 aliphatic rings. The van der Waals surface area contributed by atoms with Crippen LogP contribution in [0.3, 0.4) is 0 Å². The van der Waals surface area contributed by atoms with Crippen molar-refractivity contribution < 1.29 is 31.9 Å². The van der Waals surface area contributed by atoms with Crippen LogP contribution in [0.5, 0.6) is 0 Å². The van der Waals surface area contributed by atoms with Gasteiger partial charge in [-0.3, -0.25) is 0 Å². The second kappa shape index (κ2) is 38.8. The molecule has 0 aromatic heterocycles. The average Bonchev–Trinajstić information content (AvgIpc) is 0.827. The lowest BCUT2D eigenvalue weighted by molar-refractivity contribution is 0.164. The van der Waals surface area contributed by atoms with Gasteiger partial charge in [0.05, 0.1) is 25.1 Å². The van der Waals surface area contributed by atoms with Gasteiger partial charge in [-0.15, -0.1) is 0 Å². The van der Waals surface area contributed by atoms with E-state index in [1.54, 1.807) is 19.9 Å². The van der Waals surface area contributed by atoms with Crippen molar-refractivity contribution in [3.05, 3.63) is 219 Å². The van der Waals surface area contributed by atoms with Gasteiger partial charge in [0.1, 0.15) is 29.1 Å². The first kappa shape index (κ1) is 82.1. The summed E-state index contributed by atoms with van der Waals surface area (Å²) in [4.78, 5) is 0. The number of hydrogen-bond donors (Lipinski definition) is 0. The van der Waals surface area contributed by atoms with E-state index >= 15 is 0 Å². The molecule has 0 radical (unpaired) electrons. The summed E-state index contributed by atoms with van der Waals surface area (Å²) in [5.74, 6) is 9.37. The maximum absolute atomic E-state index is 14.4. The van der Waals surface area contributed by atoms with E-state index in [0.29, 0.717) is 61.3 Å². The fourth-order valence-corrected chi connectivity index (χ4v) is 19.8. The topological polar surface area (TPSA) is 0 Å². The van der Waals surface area contributed by atoms with Crippen molar-refractivity contribution in [1.82, 2.24) is 0 Å². The zero-order chi connectivity index (χ0) is 74.5. The highest BCUT2D eigenvalue weighted by atomic mass is 35.5. The molecule has 0 amide bonds. The Kier molecular flexibility index (Phi) is 30.7. The Labute approximate surface area is 658 Å². The molecular weight excluding hydrogens is 1400 g/mol. The zero-order valence-corrected chi connectivity index (χ0v) is 67.8. The van der Waals surface area contributed by atoms with Gasteiger partial charge in [0.15, 0.2) is 0 Å². The van der Waals surface area contributed by atoms with Gasteiger partial charge in [0.25, 0.3) is 0 Å². The fraction of sp³-hybridized carbons (Fsp3) is 0.553. The smallest absolute Gasteiger partial charge is 0.149 e. The molecule has 0 aliphatic heterocycles. The van der Waals surface area contributed by atoms with Gasteiger partial charge in [-0.2, -0.15) is 0 Å². The minimum atomic E-state index is -0.319. The summed E-state index contributed by atoms with van der Waals surface area (Å²) >= 11 is 30.5.